The SMILES string of the molecule is CC(C)(NC(=O)[C@@H](N)COCc1ccccc1)C(=O)NC(Cc1ccccn1)c1ccccc1. The van der Waals surface area contributed by atoms with Gasteiger partial charge in [0.05, 0.1) is 19.3 Å². The van der Waals surface area contributed by atoms with E-state index < -0.39 is 17.5 Å². The van der Waals surface area contributed by atoms with Crippen molar-refractivity contribution in [2.24, 2.45) is 5.73 Å². The molecule has 7 heteroatoms. The number of carbonyl (C=O) groups excluding carboxylic acids is 2. The van der Waals surface area contributed by atoms with E-state index in [1.165, 1.54) is 0 Å². The minimum absolute atomic E-state index is 0.0464. The third kappa shape index (κ3) is 7.50. The molecule has 1 unspecified atom stereocenters. The fraction of sp³-hybridized carbons (Fsp3) is 0.296. The van der Waals surface area contributed by atoms with Gasteiger partial charge in [-0.25, -0.2) is 0 Å². The van der Waals surface area contributed by atoms with Crippen molar-refractivity contribution in [3.05, 3.63) is 102 Å². The number of aromatic nitrogens is 1. The molecule has 178 valence electrons. The highest BCUT2D eigenvalue weighted by Gasteiger charge is 2.33. The number of ether oxygens (including phenoxy) is 1. The first-order valence-corrected chi connectivity index (χ1v) is 11.3. The van der Waals surface area contributed by atoms with Gasteiger partial charge in [-0.3, -0.25) is 14.6 Å². The molecule has 0 aliphatic heterocycles. The van der Waals surface area contributed by atoms with Crippen molar-refractivity contribution in [3.63, 3.8) is 0 Å². The molecule has 0 aliphatic carbocycles. The van der Waals surface area contributed by atoms with Crippen molar-refractivity contribution in [2.75, 3.05) is 6.61 Å². The van der Waals surface area contributed by atoms with E-state index in [1.54, 1.807) is 20.0 Å². The number of nitrogens with zero attached hydrogens (tertiary/aromatic N) is 1. The quantitative estimate of drug-likeness (QED) is 0.408. The van der Waals surface area contributed by atoms with Gasteiger partial charge < -0.3 is 21.1 Å². The van der Waals surface area contributed by atoms with E-state index in [0.717, 1.165) is 16.8 Å². The molecule has 3 rings (SSSR count). The molecule has 0 radical (unpaired) electrons. The van der Waals surface area contributed by atoms with E-state index in [0.29, 0.717) is 13.0 Å². The van der Waals surface area contributed by atoms with Gasteiger partial charge in [-0.2, -0.15) is 0 Å². The highest BCUT2D eigenvalue weighted by molar-refractivity contribution is 5.92. The van der Waals surface area contributed by atoms with Crippen molar-refractivity contribution in [2.45, 2.75) is 44.5 Å². The molecular formula is C27H32N4O3. The molecule has 1 heterocycles. The predicted molar refractivity (Wildman–Crippen MR) is 132 cm³/mol. The monoisotopic (exact) mass is 460 g/mol. The van der Waals surface area contributed by atoms with E-state index in [2.05, 4.69) is 15.6 Å². The topological polar surface area (TPSA) is 106 Å². The number of hydrogen-bond donors (Lipinski definition) is 3. The molecule has 34 heavy (non-hydrogen) atoms. The number of pyridine rings is 1. The number of rotatable bonds is 11. The lowest BCUT2D eigenvalue weighted by atomic mass is 9.98. The standard InChI is InChI=1S/C27H32N4O3/c1-27(2,31-25(32)23(28)19-34-18-20-11-5-3-6-12-20)26(33)30-24(21-13-7-4-8-14-21)17-22-15-9-10-16-29-22/h3-16,23-24H,17-19,28H2,1-2H3,(H,30,33)(H,31,32)/t23-,24?/m0/s1. The molecule has 0 saturated heterocycles. The van der Waals surface area contributed by atoms with Crippen LogP contribution in [0.25, 0.3) is 0 Å². The second-order valence-corrected chi connectivity index (χ2v) is 8.68. The predicted octanol–water partition coefficient (Wildman–Crippen LogP) is 2.92. The zero-order chi connectivity index (χ0) is 24.4. The Morgan fingerprint density at radius 2 is 1.62 bits per heavy atom. The van der Waals surface area contributed by atoms with E-state index in [9.17, 15) is 9.59 Å². The summed E-state index contributed by atoms with van der Waals surface area (Å²) in [5.74, 6) is -0.766. The third-order valence-corrected chi connectivity index (χ3v) is 5.40. The second-order valence-electron chi connectivity index (χ2n) is 8.68. The minimum Gasteiger partial charge on any atom is -0.375 e. The molecule has 2 amide bonds. The summed E-state index contributed by atoms with van der Waals surface area (Å²) in [5.41, 5.74) is 7.64. The van der Waals surface area contributed by atoms with E-state index in [4.69, 9.17) is 10.5 Å². The maximum absolute atomic E-state index is 13.2. The van der Waals surface area contributed by atoms with E-state index in [-0.39, 0.29) is 18.6 Å². The lowest BCUT2D eigenvalue weighted by Crippen LogP contribution is -2.59. The first-order valence-electron chi connectivity index (χ1n) is 11.3. The summed E-state index contributed by atoms with van der Waals surface area (Å²) in [4.78, 5) is 30.2. The molecule has 4 N–H and O–H groups in total. The zero-order valence-corrected chi connectivity index (χ0v) is 19.6. The van der Waals surface area contributed by atoms with Gasteiger partial charge >= 0.3 is 0 Å². The molecule has 0 bridgehead atoms. The molecule has 0 saturated carbocycles. The smallest absolute Gasteiger partial charge is 0.245 e. The van der Waals surface area contributed by atoms with Crippen molar-refractivity contribution in [1.82, 2.24) is 15.6 Å². The Balaban J connectivity index is 1.58. The Labute approximate surface area is 200 Å². The first-order chi connectivity index (χ1) is 16.3. The van der Waals surface area contributed by atoms with Gasteiger partial charge in [0.15, 0.2) is 0 Å². The van der Waals surface area contributed by atoms with Crippen LogP contribution in [-0.4, -0.2) is 35.0 Å². The highest BCUT2D eigenvalue weighted by atomic mass is 16.5. The van der Waals surface area contributed by atoms with Crippen LogP contribution < -0.4 is 16.4 Å². The van der Waals surface area contributed by atoms with E-state index in [1.807, 2.05) is 78.9 Å². The summed E-state index contributed by atoms with van der Waals surface area (Å²) in [7, 11) is 0. The summed E-state index contributed by atoms with van der Waals surface area (Å²) in [6.07, 6.45) is 2.25. The van der Waals surface area contributed by atoms with Crippen LogP contribution in [0.1, 0.15) is 36.7 Å². The molecule has 0 spiro atoms. The molecule has 1 aromatic heterocycles. The maximum atomic E-state index is 13.2. The third-order valence-electron chi connectivity index (χ3n) is 5.40. The van der Waals surface area contributed by atoms with Crippen molar-refractivity contribution >= 4 is 11.8 Å². The number of carbonyl (C=O) groups is 2. The molecule has 0 fully saturated rings. The summed E-state index contributed by atoms with van der Waals surface area (Å²) < 4.78 is 5.57. The van der Waals surface area contributed by atoms with Crippen LogP contribution in [0.4, 0.5) is 0 Å². The Morgan fingerprint density at radius 1 is 0.971 bits per heavy atom. The van der Waals surface area contributed by atoms with Crippen molar-refractivity contribution in [3.8, 4) is 0 Å². The van der Waals surface area contributed by atoms with Crippen LogP contribution in [0, 0.1) is 0 Å². The van der Waals surface area contributed by atoms with Gasteiger partial charge in [0.25, 0.3) is 0 Å². The largest absolute Gasteiger partial charge is 0.375 e. The van der Waals surface area contributed by atoms with Crippen molar-refractivity contribution < 1.29 is 14.3 Å². The van der Waals surface area contributed by atoms with Crippen LogP contribution >= 0.6 is 0 Å². The molecule has 0 aliphatic rings. The Kier molecular flexibility index (Phi) is 8.90. The van der Waals surface area contributed by atoms with E-state index >= 15 is 0 Å². The Bertz CT molecular complexity index is 1040. The number of nitrogens with one attached hydrogen (secondary N) is 2. The molecule has 3 aromatic rings. The van der Waals surface area contributed by atoms with Gasteiger partial charge in [-0.05, 0) is 37.1 Å². The van der Waals surface area contributed by atoms with Gasteiger partial charge in [0.1, 0.15) is 11.6 Å². The average Bonchev–Trinajstić information content (AvgIpc) is 2.85. The summed E-state index contributed by atoms with van der Waals surface area (Å²) in [6.45, 7) is 3.71. The zero-order valence-electron chi connectivity index (χ0n) is 19.6. The minimum atomic E-state index is -1.18. The molecule has 2 atom stereocenters. The molecule has 7 nitrogen and oxygen atoms in total. The Hall–Kier alpha value is -3.55. The molecular weight excluding hydrogens is 428 g/mol. The van der Waals surface area contributed by atoms with Gasteiger partial charge in [0, 0.05) is 18.3 Å². The van der Waals surface area contributed by atoms with Crippen LogP contribution in [0.2, 0.25) is 0 Å². The molecule has 2 aromatic carbocycles. The van der Waals surface area contributed by atoms with Gasteiger partial charge in [0.2, 0.25) is 11.8 Å². The maximum Gasteiger partial charge on any atom is 0.245 e. The highest BCUT2D eigenvalue weighted by Crippen LogP contribution is 2.19. The van der Waals surface area contributed by atoms with Crippen LogP contribution in [-0.2, 0) is 27.4 Å². The number of nitrogens with two attached hydrogens (primary N) is 1. The van der Waals surface area contributed by atoms with Gasteiger partial charge in [-0.1, -0.05) is 66.7 Å². The second kappa shape index (κ2) is 12.1. The number of benzene rings is 2. The van der Waals surface area contributed by atoms with Gasteiger partial charge in [-0.15, -0.1) is 0 Å². The van der Waals surface area contributed by atoms with Crippen LogP contribution in [0.15, 0.2) is 85.1 Å². The fourth-order valence-electron chi connectivity index (χ4n) is 3.42. The van der Waals surface area contributed by atoms with Crippen LogP contribution in [0.3, 0.4) is 0 Å². The lowest BCUT2D eigenvalue weighted by molar-refractivity contribution is -0.134. The Morgan fingerprint density at radius 3 is 2.26 bits per heavy atom. The summed E-state index contributed by atoms with van der Waals surface area (Å²) in [5, 5.41) is 5.82. The van der Waals surface area contributed by atoms with Crippen molar-refractivity contribution in [1.29, 1.82) is 0 Å². The summed E-state index contributed by atoms with van der Waals surface area (Å²) in [6, 6.07) is 23.8. The number of amides is 2. The first kappa shape index (κ1) is 25.1. The average molecular weight is 461 g/mol. The summed E-state index contributed by atoms with van der Waals surface area (Å²) >= 11 is 0. The van der Waals surface area contributed by atoms with Crippen LogP contribution in [0.5, 0.6) is 0 Å². The normalized spacial score (nSPS) is 13.0. The lowest BCUT2D eigenvalue weighted by Gasteiger charge is -2.29. The number of hydrogen-bond acceptors (Lipinski definition) is 5. The fourth-order valence-corrected chi connectivity index (χ4v) is 3.42.